The van der Waals surface area contributed by atoms with Gasteiger partial charge in [-0.2, -0.15) is 5.10 Å². The number of thioether (sulfide) groups is 1. The van der Waals surface area contributed by atoms with Crippen molar-refractivity contribution in [2.45, 2.75) is 36.4 Å². The average molecular weight is 414 g/mol. The number of amides is 1. The number of rotatable bonds is 11. The fraction of sp³-hybridized carbons (Fsp3) is 0.438. The van der Waals surface area contributed by atoms with E-state index in [1.165, 1.54) is 42.4 Å². The van der Waals surface area contributed by atoms with Crippen LogP contribution in [0.25, 0.3) is 0 Å². The maximum atomic E-state index is 12.2. The Morgan fingerprint density at radius 3 is 2.70 bits per heavy atom. The summed E-state index contributed by atoms with van der Waals surface area (Å²) < 4.78 is 32.3. The van der Waals surface area contributed by atoms with Gasteiger partial charge in [0.05, 0.1) is 4.90 Å². The van der Waals surface area contributed by atoms with E-state index in [9.17, 15) is 13.2 Å². The lowest BCUT2D eigenvalue weighted by atomic mass is 10.3. The zero-order valence-electron chi connectivity index (χ0n) is 15.1. The second-order valence-electron chi connectivity index (χ2n) is 5.68. The molecule has 1 aromatic carbocycles. The van der Waals surface area contributed by atoms with E-state index in [2.05, 4.69) is 25.2 Å². The number of benzene rings is 1. The summed E-state index contributed by atoms with van der Waals surface area (Å²) in [4.78, 5) is 15.9. The van der Waals surface area contributed by atoms with Crippen LogP contribution in [0.2, 0.25) is 0 Å². The highest BCUT2D eigenvalue weighted by Gasteiger charge is 2.16. The van der Waals surface area contributed by atoms with Gasteiger partial charge in [-0.05, 0) is 37.6 Å². The van der Waals surface area contributed by atoms with Gasteiger partial charge in [0.2, 0.25) is 10.0 Å². The summed E-state index contributed by atoms with van der Waals surface area (Å²) in [6.45, 7) is 4.02. The van der Waals surface area contributed by atoms with Crippen molar-refractivity contribution >= 4 is 27.7 Å². The molecular weight excluding hydrogens is 390 g/mol. The number of H-pyrrole nitrogens is 1. The first kappa shape index (κ1) is 21.2. The van der Waals surface area contributed by atoms with Gasteiger partial charge in [-0.15, -0.1) is 0 Å². The molecule has 2 aromatic rings. The number of aromatic amines is 1. The van der Waals surface area contributed by atoms with Crippen molar-refractivity contribution < 1.29 is 17.9 Å². The van der Waals surface area contributed by atoms with E-state index in [0.717, 1.165) is 0 Å². The van der Waals surface area contributed by atoms with Crippen molar-refractivity contribution in [3.05, 3.63) is 30.6 Å². The van der Waals surface area contributed by atoms with Crippen LogP contribution in [0.4, 0.5) is 0 Å². The Bertz CT molecular complexity index is 810. The third-order valence-corrected chi connectivity index (χ3v) is 6.01. The lowest BCUT2D eigenvalue weighted by molar-refractivity contribution is -0.122. The third-order valence-electron chi connectivity index (χ3n) is 3.53. The molecule has 0 unspecified atom stereocenters. The predicted molar refractivity (Wildman–Crippen MR) is 102 cm³/mol. The van der Waals surface area contributed by atoms with E-state index in [1.54, 1.807) is 6.92 Å². The molecule has 0 spiro atoms. The molecule has 0 fully saturated rings. The number of nitrogens with one attached hydrogen (secondary N) is 3. The maximum absolute atomic E-state index is 12.2. The third kappa shape index (κ3) is 7.19. The zero-order chi connectivity index (χ0) is 19.7. The molecule has 1 atom stereocenters. The largest absolute Gasteiger partial charge is 0.484 e. The minimum Gasteiger partial charge on any atom is -0.484 e. The lowest BCUT2D eigenvalue weighted by Crippen LogP contribution is -2.32. The Kier molecular flexibility index (Phi) is 8.07. The highest BCUT2D eigenvalue weighted by molar-refractivity contribution is 7.99. The molecule has 9 nitrogen and oxygen atoms in total. The molecule has 0 bridgehead atoms. The minimum atomic E-state index is -3.55. The van der Waals surface area contributed by atoms with Gasteiger partial charge in [0, 0.05) is 18.3 Å². The first-order valence-corrected chi connectivity index (χ1v) is 10.9. The number of carbonyl (C=O) groups excluding carboxylic acids is 1. The molecule has 11 heteroatoms. The van der Waals surface area contributed by atoms with Crippen molar-refractivity contribution in [2.75, 3.05) is 18.9 Å². The van der Waals surface area contributed by atoms with Crippen molar-refractivity contribution in [3.8, 4) is 5.75 Å². The molecule has 1 heterocycles. The number of hydrogen-bond donors (Lipinski definition) is 3. The summed E-state index contributed by atoms with van der Waals surface area (Å²) in [6, 6.07) is 5.81. The SMILES string of the molecule is CC[C@H](C)NS(=O)(=O)c1ccc(OCC(=O)NCCSc2ncn[nH]2)cc1. The first-order chi connectivity index (χ1) is 12.9. The van der Waals surface area contributed by atoms with Crippen LogP contribution in [-0.4, -0.2) is 54.5 Å². The number of aromatic nitrogens is 3. The van der Waals surface area contributed by atoms with E-state index in [0.29, 0.717) is 29.6 Å². The fourth-order valence-corrected chi connectivity index (χ4v) is 3.90. The van der Waals surface area contributed by atoms with E-state index >= 15 is 0 Å². The highest BCUT2D eigenvalue weighted by Crippen LogP contribution is 2.16. The van der Waals surface area contributed by atoms with Gasteiger partial charge in [-0.25, -0.2) is 18.1 Å². The molecule has 0 aliphatic rings. The molecule has 0 saturated carbocycles. The van der Waals surface area contributed by atoms with Gasteiger partial charge in [0.15, 0.2) is 11.8 Å². The Morgan fingerprint density at radius 1 is 1.33 bits per heavy atom. The van der Waals surface area contributed by atoms with Gasteiger partial charge in [0.1, 0.15) is 12.1 Å². The van der Waals surface area contributed by atoms with Gasteiger partial charge in [0.25, 0.3) is 5.91 Å². The summed E-state index contributed by atoms with van der Waals surface area (Å²) in [7, 11) is -3.55. The molecule has 27 heavy (non-hydrogen) atoms. The lowest BCUT2D eigenvalue weighted by Gasteiger charge is -2.12. The van der Waals surface area contributed by atoms with Crippen LogP contribution in [-0.2, 0) is 14.8 Å². The number of nitrogens with zero attached hydrogens (tertiary/aromatic N) is 2. The first-order valence-electron chi connectivity index (χ1n) is 8.40. The van der Waals surface area contributed by atoms with Crippen molar-refractivity contribution in [2.24, 2.45) is 0 Å². The number of sulfonamides is 1. The Labute approximate surface area is 162 Å². The van der Waals surface area contributed by atoms with Crippen LogP contribution in [0.1, 0.15) is 20.3 Å². The van der Waals surface area contributed by atoms with Gasteiger partial charge >= 0.3 is 0 Å². The second kappa shape index (κ2) is 10.3. The van der Waals surface area contributed by atoms with Crippen LogP contribution in [0.15, 0.2) is 40.6 Å². The molecule has 0 aliphatic heterocycles. The average Bonchev–Trinajstić information content (AvgIpc) is 3.17. The van der Waals surface area contributed by atoms with Crippen LogP contribution in [0, 0.1) is 0 Å². The van der Waals surface area contributed by atoms with Crippen LogP contribution < -0.4 is 14.8 Å². The highest BCUT2D eigenvalue weighted by atomic mass is 32.2. The molecule has 3 N–H and O–H groups in total. The monoisotopic (exact) mass is 413 g/mol. The zero-order valence-corrected chi connectivity index (χ0v) is 16.8. The van der Waals surface area contributed by atoms with Crippen LogP contribution >= 0.6 is 11.8 Å². The summed E-state index contributed by atoms with van der Waals surface area (Å²) >= 11 is 1.45. The van der Waals surface area contributed by atoms with Gasteiger partial charge in [-0.3, -0.25) is 9.89 Å². The fourth-order valence-electron chi connectivity index (χ4n) is 1.93. The summed E-state index contributed by atoms with van der Waals surface area (Å²) in [6.07, 6.45) is 2.12. The standard InChI is InChI=1S/C16H23N5O4S2/c1-3-12(2)21-27(23,24)14-6-4-13(5-7-14)25-10-15(22)17-8-9-26-16-18-11-19-20-16/h4-7,11-12,21H,3,8-10H2,1-2H3,(H,17,22)(H,18,19,20)/t12-/m0/s1. The van der Waals surface area contributed by atoms with Gasteiger partial charge < -0.3 is 10.1 Å². The Balaban J connectivity index is 1.73. The Morgan fingerprint density at radius 2 is 2.07 bits per heavy atom. The molecule has 1 amide bonds. The normalized spacial score (nSPS) is 12.5. The van der Waals surface area contributed by atoms with E-state index in [-0.39, 0.29) is 23.5 Å². The van der Waals surface area contributed by atoms with Crippen molar-refractivity contribution in [1.29, 1.82) is 0 Å². The summed E-state index contributed by atoms with van der Waals surface area (Å²) in [5, 5.41) is 9.87. The number of ether oxygens (including phenoxy) is 1. The number of hydrogen-bond acceptors (Lipinski definition) is 7. The minimum absolute atomic E-state index is 0.142. The molecule has 0 aliphatic carbocycles. The van der Waals surface area contributed by atoms with Crippen LogP contribution in [0.3, 0.4) is 0 Å². The van der Waals surface area contributed by atoms with E-state index < -0.39 is 10.0 Å². The van der Waals surface area contributed by atoms with E-state index in [1.807, 2.05) is 6.92 Å². The topological polar surface area (TPSA) is 126 Å². The van der Waals surface area contributed by atoms with Crippen molar-refractivity contribution in [3.63, 3.8) is 0 Å². The second-order valence-corrected chi connectivity index (χ2v) is 8.48. The molecule has 0 saturated heterocycles. The quantitative estimate of drug-likeness (QED) is 0.373. The smallest absolute Gasteiger partial charge is 0.257 e. The maximum Gasteiger partial charge on any atom is 0.257 e. The Hall–Kier alpha value is -2.11. The van der Waals surface area contributed by atoms with Gasteiger partial charge in [-0.1, -0.05) is 18.7 Å². The molecule has 1 aromatic heterocycles. The summed E-state index contributed by atoms with van der Waals surface area (Å²) in [5.74, 6) is 0.809. The predicted octanol–water partition coefficient (Wildman–Crippen LogP) is 1.17. The number of carbonyl (C=O) groups is 1. The van der Waals surface area contributed by atoms with Crippen LogP contribution in [0.5, 0.6) is 5.75 Å². The molecule has 148 valence electrons. The summed E-state index contributed by atoms with van der Waals surface area (Å²) in [5.41, 5.74) is 0. The molecule has 2 rings (SSSR count). The van der Waals surface area contributed by atoms with E-state index in [4.69, 9.17) is 4.74 Å². The molecular formula is C16H23N5O4S2. The molecule has 0 radical (unpaired) electrons. The van der Waals surface area contributed by atoms with Crippen molar-refractivity contribution in [1.82, 2.24) is 25.2 Å².